The van der Waals surface area contributed by atoms with E-state index in [1.165, 1.54) is 11.3 Å². The molecule has 0 saturated heterocycles. The fourth-order valence-corrected chi connectivity index (χ4v) is 3.61. The smallest absolute Gasteiger partial charge is 0.338 e. The Morgan fingerprint density at radius 3 is 2.55 bits per heavy atom. The van der Waals surface area contributed by atoms with E-state index in [-0.39, 0.29) is 11.9 Å². The molecule has 0 saturated carbocycles. The summed E-state index contributed by atoms with van der Waals surface area (Å²) in [6.07, 6.45) is -0.0181. The van der Waals surface area contributed by atoms with Crippen LogP contribution < -0.4 is 10.6 Å². The van der Waals surface area contributed by atoms with Gasteiger partial charge in [-0.3, -0.25) is 10.1 Å². The highest BCUT2D eigenvalue weighted by Gasteiger charge is 2.14. The minimum absolute atomic E-state index is 0.233. The van der Waals surface area contributed by atoms with Crippen LogP contribution in [0.5, 0.6) is 0 Å². The maximum absolute atomic E-state index is 12.2. The Balaban J connectivity index is 1.41. The van der Waals surface area contributed by atoms with Crippen LogP contribution >= 0.6 is 11.3 Å². The van der Waals surface area contributed by atoms with Crippen molar-refractivity contribution >= 4 is 28.3 Å². The fraction of sp³-hybridized carbons (Fsp3) is 0.261. The average molecular weight is 440 g/mol. The van der Waals surface area contributed by atoms with Crippen LogP contribution in [0.25, 0.3) is 0 Å². The predicted molar refractivity (Wildman–Crippen MR) is 120 cm³/mol. The van der Waals surface area contributed by atoms with Crippen molar-refractivity contribution in [2.75, 3.05) is 25.0 Å². The third-order valence-electron chi connectivity index (χ3n) is 4.51. The molecule has 3 N–H and O–H groups in total. The van der Waals surface area contributed by atoms with Gasteiger partial charge in [0.15, 0.2) is 5.13 Å². The second-order valence-electron chi connectivity index (χ2n) is 6.78. The molecule has 162 valence electrons. The lowest BCUT2D eigenvalue weighted by Gasteiger charge is -2.10. The number of esters is 1. The molecule has 31 heavy (non-hydrogen) atoms. The van der Waals surface area contributed by atoms with Gasteiger partial charge in [0, 0.05) is 17.5 Å². The van der Waals surface area contributed by atoms with Gasteiger partial charge >= 0.3 is 5.97 Å². The van der Waals surface area contributed by atoms with Crippen molar-refractivity contribution in [1.82, 2.24) is 10.3 Å². The second-order valence-corrected chi connectivity index (χ2v) is 7.64. The largest absolute Gasteiger partial charge is 0.462 e. The number of aromatic nitrogens is 1. The van der Waals surface area contributed by atoms with Crippen molar-refractivity contribution < 1.29 is 19.4 Å². The van der Waals surface area contributed by atoms with Crippen LogP contribution in [0.4, 0.5) is 5.13 Å². The van der Waals surface area contributed by atoms with Gasteiger partial charge in [0.05, 0.1) is 17.9 Å². The predicted octanol–water partition coefficient (Wildman–Crippen LogP) is 3.44. The zero-order chi connectivity index (χ0) is 22.1. The molecule has 0 fully saturated rings. The van der Waals surface area contributed by atoms with Crippen LogP contribution in [0.15, 0.2) is 60.0 Å². The number of anilines is 1. The quantitative estimate of drug-likeness (QED) is 0.331. The van der Waals surface area contributed by atoms with Crippen molar-refractivity contribution in [1.29, 1.82) is 0 Å². The monoisotopic (exact) mass is 439 g/mol. The summed E-state index contributed by atoms with van der Waals surface area (Å²) in [6, 6.07) is 16.2. The number of benzene rings is 2. The SMILES string of the molecule is CCOC(=O)c1ccc(CCNCC(O)c2csc(NC(=O)c3ccccc3)n2)cc1. The molecule has 0 spiro atoms. The van der Waals surface area contributed by atoms with E-state index in [0.717, 1.165) is 12.0 Å². The number of aliphatic hydroxyl groups excluding tert-OH is 1. The Labute approximate surface area is 185 Å². The summed E-state index contributed by atoms with van der Waals surface area (Å²) < 4.78 is 4.97. The molecule has 1 aromatic heterocycles. The lowest BCUT2D eigenvalue weighted by molar-refractivity contribution is 0.0526. The first-order valence-corrected chi connectivity index (χ1v) is 10.9. The number of carbonyl (C=O) groups excluding carboxylic acids is 2. The molecule has 0 bridgehead atoms. The fourth-order valence-electron chi connectivity index (χ4n) is 2.85. The van der Waals surface area contributed by atoms with Crippen molar-refractivity contribution in [2.24, 2.45) is 0 Å². The van der Waals surface area contributed by atoms with Crippen LogP contribution in [-0.4, -0.2) is 41.7 Å². The van der Waals surface area contributed by atoms with Crippen LogP contribution in [0.2, 0.25) is 0 Å². The number of thiazole rings is 1. The first-order chi connectivity index (χ1) is 15.1. The molecule has 1 amide bonds. The highest BCUT2D eigenvalue weighted by Crippen LogP contribution is 2.21. The summed E-state index contributed by atoms with van der Waals surface area (Å²) in [6.45, 7) is 3.14. The molecular formula is C23H25N3O4S. The summed E-state index contributed by atoms with van der Waals surface area (Å²) in [5, 5.41) is 18.5. The van der Waals surface area contributed by atoms with Gasteiger partial charge in [0.25, 0.3) is 5.91 Å². The molecule has 0 radical (unpaired) electrons. The number of nitrogens with zero attached hydrogens (tertiary/aromatic N) is 1. The van der Waals surface area contributed by atoms with Crippen molar-refractivity contribution in [2.45, 2.75) is 19.4 Å². The van der Waals surface area contributed by atoms with Crippen molar-refractivity contribution in [3.63, 3.8) is 0 Å². The van der Waals surface area contributed by atoms with Gasteiger partial charge in [-0.15, -0.1) is 11.3 Å². The van der Waals surface area contributed by atoms with Crippen LogP contribution in [0, 0.1) is 0 Å². The lowest BCUT2D eigenvalue weighted by atomic mass is 10.1. The molecule has 7 nitrogen and oxygen atoms in total. The minimum Gasteiger partial charge on any atom is -0.462 e. The number of carbonyl (C=O) groups is 2. The summed E-state index contributed by atoms with van der Waals surface area (Å²) >= 11 is 1.28. The Morgan fingerprint density at radius 1 is 1.10 bits per heavy atom. The van der Waals surface area contributed by atoms with Crippen LogP contribution in [0.3, 0.4) is 0 Å². The molecule has 0 aliphatic rings. The molecule has 1 unspecified atom stereocenters. The van der Waals surface area contributed by atoms with Crippen molar-refractivity contribution in [3.8, 4) is 0 Å². The maximum Gasteiger partial charge on any atom is 0.338 e. The van der Waals surface area contributed by atoms with Gasteiger partial charge in [-0.05, 0) is 49.7 Å². The van der Waals surface area contributed by atoms with E-state index in [0.29, 0.717) is 41.6 Å². The highest BCUT2D eigenvalue weighted by molar-refractivity contribution is 7.14. The summed E-state index contributed by atoms with van der Waals surface area (Å²) in [5.74, 6) is -0.555. The van der Waals surface area contributed by atoms with Gasteiger partial charge in [-0.2, -0.15) is 0 Å². The molecule has 1 atom stereocenters. The molecule has 8 heteroatoms. The zero-order valence-corrected chi connectivity index (χ0v) is 18.0. The molecule has 3 rings (SSSR count). The van der Waals surface area contributed by atoms with Gasteiger partial charge in [0.1, 0.15) is 6.10 Å². The highest BCUT2D eigenvalue weighted by atomic mass is 32.1. The normalized spacial score (nSPS) is 11.7. The van der Waals surface area contributed by atoms with Crippen molar-refractivity contribution in [3.05, 3.63) is 82.4 Å². The third kappa shape index (κ3) is 6.71. The van der Waals surface area contributed by atoms with E-state index in [1.807, 2.05) is 18.2 Å². The number of hydrogen-bond acceptors (Lipinski definition) is 7. The van der Waals surface area contributed by atoms with Gasteiger partial charge in [-0.25, -0.2) is 9.78 Å². The number of rotatable bonds is 10. The van der Waals surface area contributed by atoms with Gasteiger partial charge in [-0.1, -0.05) is 30.3 Å². The summed E-state index contributed by atoms with van der Waals surface area (Å²) in [5.41, 5.74) is 2.68. The topological polar surface area (TPSA) is 101 Å². The molecule has 2 aromatic carbocycles. The molecular weight excluding hydrogens is 414 g/mol. The number of hydrogen-bond donors (Lipinski definition) is 3. The van der Waals surface area contributed by atoms with E-state index in [1.54, 1.807) is 48.7 Å². The summed E-state index contributed by atoms with van der Waals surface area (Å²) in [7, 11) is 0. The molecule has 0 aliphatic heterocycles. The summed E-state index contributed by atoms with van der Waals surface area (Å²) in [4.78, 5) is 28.2. The number of nitrogens with one attached hydrogen (secondary N) is 2. The van der Waals surface area contributed by atoms with E-state index >= 15 is 0 Å². The van der Waals surface area contributed by atoms with Gasteiger partial charge < -0.3 is 15.2 Å². The molecule has 1 heterocycles. The Hall–Kier alpha value is -3.07. The average Bonchev–Trinajstić information content (AvgIpc) is 3.26. The Morgan fingerprint density at radius 2 is 1.84 bits per heavy atom. The van der Waals surface area contributed by atoms with E-state index in [4.69, 9.17) is 4.74 Å². The second kappa shape index (κ2) is 11.4. The maximum atomic E-state index is 12.2. The molecule has 0 aliphatic carbocycles. The standard InChI is InChI=1S/C23H25N3O4S/c1-2-30-22(29)18-10-8-16(9-11-18)12-13-24-14-20(27)19-15-31-23(25-19)26-21(28)17-6-4-3-5-7-17/h3-11,15,20,24,27H,2,12-14H2,1H3,(H,25,26,28). The van der Waals surface area contributed by atoms with Crippen LogP contribution in [0.1, 0.15) is 45.0 Å². The van der Waals surface area contributed by atoms with Crippen LogP contribution in [-0.2, 0) is 11.2 Å². The number of ether oxygens (including phenoxy) is 1. The third-order valence-corrected chi connectivity index (χ3v) is 5.29. The van der Waals surface area contributed by atoms with Gasteiger partial charge in [0.2, 0.25) is 0 Å². The minimum atomic E-state index is -0.773. The number of aliphatic hydroxyl groups is 1. The Bertz CT molecular complexity index is 990. The lowest BCUT2D eigenvalue weighted by Crippen LogP contribution is -2.24. The first kappa shape index (κ1) is 22.6. The van der Waals surface area contributed by atoms with E-state index in [9.17, 15) is 14.7 Å². The first-order valence-electron chi connectivity index (χ1n) is 10.0. The Kier molecular flexibility index (Phi) is 8.28. The molecule has 3 aromatic rings. The zero-order valence-electron chi connectivity index (χ0n) is 17.2. The van der Waals surface area contributed by atoms with E-state index in [2.05, 4.69) is 15.6 Å². The van der Waals surface area contributed by atoms with E-state index < -0.39 is 6.10 Å². The number of amides is 1.